The largest absolute Gasteiger partial charge is 0.282 e. The Bertz CT molecular complexity index is 682. The number of hydrogen-bond donors (Lipinski definition) is 1. The van der Waals surface area contributed by atoms with E-state index in [0.29, 0.717) is 0 Å². The number of nitrogens with one attached hydrogen (secondary N) is 1. The molecule has 3 nitrogen and oxygen atoms in total. The summed E-state index contributed by atoms with van der Waals surface area (Å²) < 4.78 is 0. The number of rotatable bonds is 3. The zero-order valence-corrected chi connectivity index (χ0v) is 11.8. The Labute approximate surface area is 116 Å². The molecule has 0 saturated carbocycles. The van der Waals surface area contributed by atoms with Crippen molar-refractivity contribution in [2.75, 3.05) is 0 Å². The summed E-state index contributed by atoms with van der Waals surface area (Å²) in [7, 11) is 0. The van der Waals surface area contributed by atoms with Gasteiger partial charge >= 0.3 is 0 Å². The van der Waals surface area contributed by atoms with E-state index >= 15 is 0 Å². The topological polar surface area (TPSA) is 41.6 Å². The summed E-state index contributed by atoms with van der Waals surface area (Å²) in [6.07, 6.45) is 0.880. The Balaban J connectivity index is 1.86. The standard InChI is InChI=1S/C15H15N3S/c1-10-15(19-11(2)16-10)14-9-13(17-18-14)8-12-6-4-3-5-7-12/h3-7,9H,8H2,1-2H3,(H,17,18). The van der Waals surface area contributed by atoms with Gasteiger partial charge in [0.2, 0.25) is 0 Å². The molecule has 1 N–H and O–H groups in total. The highest BCUT2D eigenvalue weighted by Crippen LogP contribution is 2.28. The van der Waals surface area contributed by atoms with E-state index in [4.69, 9.17) is 0 Å². The first-order chi connectivity index (χ1) is 9.22. The van der Waals surface area contributed by atoms with Gasteiger partial charge in [0.25, 0.3) is 0 Å². The van der Waals surface area contributed by atoms with Crippen LogP contribution in [0.3, 0.4) is 0 Å². The summed E-state index contributed by atoms with van der Waals surface area (Å²) in [5.74, 6) is 0. The third-order valence-electron chi connectivity index (χ3n) is 3.00. The Hall–Kier alpha value is -1.94. The fourth-order valence-corrected chi connectivity index (χ4v) is 3.03. The van der Waals surface area contributed by atoms with Gasteiger partial charge in [0.1, 0.15) is 5.69 Å². The lowest BCUT2D eigenvalue weighted by Gasteiger charge is -1.96. The molecule has 0 atom stereocenters. The van der Waals surface area contributed by atoms with Crippen molar-refractivity contribution in [3.8, 4) is 10.6 Å². The van der Waals surface area contributed by atoms with Crippen LogP contribution in [-0.2, 0) is 6.42 Å². The first kappa shape index (κ1) is 12.1. The minimum atomic E-state index is 0.880. The van der Waals surface area contributed by atoms with E-state index in [1.54, 1.807) is 11.3 Å². The van der Waals surface area contributed by atoms with Crippen molar-refractivity contribution in [2.45, 2.75) is 20.3 Å². The third-order valence-corrected chi connectivity index (χ3v) is 4.10. The molecule has 0 aliphatic rings. The highest BCUT2D eigenvalue weighted by molar-refractivity contribution is 7.15. The van der Waals surface area contributed by atoms with Gasteiger partial charge in [-0.1, -0.05) is 30.3 Å². The number of aryl methyl sites for hydroxylation is 2. The quantitative estimate of drug-likeness (QED) is 0.787. The molecule has 19 heavy (non-hydrogen) atoms. The van der Waals surface area contributed by atoms with E-state index in [1.807, 2.05) is 19.9 Å². The number of benzene rings is 1. The summed E-state index contributed by atoms with van der Waals surface area (Å²) in [5.41, 5.74) is 4.47. The SMILES string of the molecule is Cc1nc(C)c(-c2cc(Cc3ccccc3)[nH]n2)s1. The van der Waals surface area contributed by atoms with E-state index in [0.717, 1.165) is 33.4 Å². The van der Waals surface area contributed by atoms with Gasteiger partial charge in [-0.3, -0.25) is 5.10 Å². The summed E-state index contributed by atoms with van der Waals surface area (Å²) in [6, 6.07) is 12.5. The second kappa shape index (κ2) is 4.97. The van der Waals surface area contributed by atoms with Crippen molar-refractivity contribution in [2.24, 2.45) is 0 Å². The van der Waals surface area contributed by atoms with E-state index < -0.39 is 0 Å². The number of thiazole rings is 1. The Kier molecular flexibility index (Phi) is 3.17. The van der Waals surface area contributed by atoms with Gasteiger partial charge in [-0.25, -0.2) is 4.98 Å². The summed E-state index contributed by atoms with van der Waals surface area (Å²) in [4.78, 5) is 5.61. The van der Waals surface area contributed by atoms with Crippen molar-refractivity contribution >= 4 is 11.3 Å². The molecule has 4 heteroatoms. The van der Waals surface area contributed by atoms with Crippen molar-refractivity contribution in [1.29, 1.82) is 0 Å². The molecular formula is C15H15N3S. The van der Waals surface area contributed by atoms with Gasteiger partial charge in [0, 0.05) is 12.1 Å². The predicted molar refractivity (Wildman–Crippen MR) is 78.4 cm³/mol. The first-order valence-electron chi connectivity index (χ1n) is 6.25. The lowest BCUT2D eigenvalue weighted by Crippen LogP contribution is -1.87. The van der Waals surface area contributed by atoms with Gasteiger partial charge in [-0.15, -0.1) is 11.3 Å². The van der Waals surface area contributed by atoms with E-state index in [1.165, 1.54) is 5.56 Å². The molecule has 0 aliphatic heterocycles. The fraction of sp³-hybridized carbons (Fsp3) is 0.200. The summed E-state index contributed by atoms with van der Waals surface area (Å²) in [6.45, 7) is 4.06. The minimum Gasteiger partial charge on any atom is -0.282 e. The molecule has 0 fully saturated rings. The maximum Gasteiger partial charge on any atom is 0.104 e. The first-order valence-corrected chi connectivity index (χ1v) is 7.06. The molecule has 2 heterocycles. The lowest BCUT2D eigenvalue weighted by molar-refractivity contribution is 0.998. The van der Waals surface area contributed by atoms with Crippen LogP contribution in [0.1, 0.15) is 22.0 Å². The molecule has 96 valence electrons. The van der Waals surface area contributed by atoms with Gasteiger partial charge in [0.05, 0.1) is 15.6 Å². The molecule has 0 radical (unpaired) electrons. The Morgan fingerprint density at radius 2 is 1.95 bits per heavy atom. The zero-order valence-electron chi connectivity index (χ0n) is 11.0. The Morgan fingerprint density at radius 3 is 2.63 bits per heavy atom. The van der Waals surface area contributed by atoms with Crippen LogP contribution in [0.2, 0.25) is 0 Å². The normalized spacial score (nSPS) is 10.8. The maximum absolute atomic E-state index is 4.45. The van der Waals surface area contributed by atoms with Crippen molar-refractivity contribution in [3.63, 3.8) is 0 Å². The molecule has 3 aromatic rings. The van der Waals surface area contributed by atoms with Gasteiger partial charge in [0.15, 0.2) is 0 Å². The fourth-order valence-electron chi connectivity index (χ4n) is 2.15. The van der Waals surface area contributed by atoms with Crippen molar-refractivity contribution in [3.05, 3.63) is 58.4 Å². The van der Waals surface area contributed by atoms with Crippen LogP contribution in [0.25, 0.3) is 10.6 Å². The van der Waals surface area contributed by atoms with Crippen LogP contribution in [0.5, 0.6) is 0 Å². The second-order valence-electron chi connectivity index (χ2n) is 4.59. The van der Waals surface area contributed by atoms with Crippen LogP contribution in [-0.4, -0.2) is 15.2 Å². The second-order valence-corrected chi connectivity index (χ2v) is 5.79. The van der Waals surface area contributed by atoms with Crippen LogP contribution in [0, 0.1) is 13.8 Å². The van der Waals surface area contributed by atoms with Crippen LogP contribution >= 0.6 is 11.3 Å². The molecule has 1 aromatic carbocycles. The Morgan fingerprint density at radius 1 is 1.16 bits per heavy atom. The number of nitrogens with zero attached hydrogens (tertiary/aromatic N) is 2. The number of H-pyrrole nitrogens is 1. The third kappa shape index (κ3) is 2.58. The molecule has 0 amide bonds. The molecule has 0 aliphatic carbocycles. The average molecular weight is 269 g/mol. The van der Waals surface area contributed by atoms with Crippen molar-refractivity contribution in [1.82, 2.24) is 15.2 Å². The molecule has 2 aromatic heterocycles. The smallest absolute Gasteiger partial charge is 0.104 e. The highest BCUT2D eigenvalue weighted by atomic mass is 32.1. The van der Waals surface area contributed by atoms with Crippen LogP contribution in [0.15, 0.2) is 36.4 Å². The number of aromatic nitrogens is 3. The van der Waals surface area contributed by atoms with Gasteiger partial charge < -0.3 is 0 Å². The average Bonchev–Trinajstić information content (AvgIpc) is 2.97. The monoisotopic (exact) mass is 269 g/mol. The summed E-state index contributed by atoms with van der Waals surface area (Å²) >= 11 is 1.69. The number of aromatic amines is 1. The molecule has 3 rings (SSSR count). The van der Waals surface area contributed by atoms with E-state index in [2.05, 4.69) is 45.5 Å². The van der Waals surface area contributed by atoms with Crippen LogP contribution < -0.4 is 0 Å². The minimum absolute atomic E-state index is 0.880. The van der Waals surface area contributed by atoms with Gasteiger partial charge in [-0.2, -0.15) is 5.10 Å². The summed E-state index contributed by atoms with van der Waals surface area (Å²) in [5, 5.41) is 8.60. The number of hydrogen-bond acceptors (Lipinski definition) is 3. The maximum atomic E-state index is 4.45. The zero-order chi connectivity index (χ0) is 13.2. The lowest BCUT2D eigenvalue weighted by atomic mass is 10.1. The van der Waals surface area contributed by atoms with Crippen LogP contribution in [0.4, 0.5) is 0 Å². The van der Waals surface area contributed by atoms with Crippen molar-refractivity contribution < 1.29 is 0 Å². The molecule has 0 spiro atoms. The molecule has 0 saturated heterocycles. The van der Waals surface area contributed by atoms with E-state index in [9.17, 15) is 0 Å². The molecular weight excluding hydrogens is 254 g/mol. The molecule has 0 bridgehead atoms. The predicted octanol–water partition coefficient (Wildman–Crippen LogP) is 3.74. The highest BCUT2D eigenvalue weighted by Gasteiger charge is 2.11. The van der Waals surface area contributed by atoms with E-state index in [-0.39, 0.29) is 0 Å². The van der Waals surface area contributed by atoms with Gasteiger partial charge in [-0.05, 0) is 25.5 Å². The molecule has 0 unspecified atom stereocenters.